The number of furan rings is 1. The molecule has 0 atom stereocenters. The van der Waals surface area contributed by atoms with Crippen LogP contribution in [0.25, 0.3) is 0 Å². The van der Waals surface area contributed by atoms with Crippen LogP contribution in [0.3, 0.4) is 0 Å². The minimum atomic E-state index is -0.809. The van der Waals surface area contributed by atoms with Crippen molar-refractivity contribution in [3.8, 4) is 0 Å². The van der Waals surface area contributed by atoms with Crippen LogP contribution in [0.5, 0.6) is 0 Å². The lowest BCUT2D eigenvalue weighted by atomic mass is 9.90. The lowest BCUT2D eigenvalue weighted by Crippen LogP contribution is -2.25. The van der Waals surface area contributed by atoms with Gasteiger partial charge in [0.15, 0.2) is 0 Å². The number of thiophene rings is 1. The van der Waals surface area contributed by atoms with Gasteiger partial charge >= 0.3 is 0 Å². The highest BCUT2D eigenvalue weighted by Gasteiger charge is 2.33. The topological polar surface area (TPSA) is 36.6 Å². The van der Waals surface area contributed by atoms with Crippen LogP contribution in [0, 0.1) is 6.92 Å². The molecule has 0 radical (unpaired) electrons. The fourth-order valence-corrected chi connectivity index (χ4v) is 4.55. The van der Waals surface area contributed by atoms with Gasteiger partial charge in [-0.3, -0.25) is 4.90 Å². The summed E-state index contributed by atoms with van der Waals surface area (Å²) < 4.78 is 6.12. The summed E-state index contributed by atoms with van der Waals surface area (Å²) >= 11 is 1.84. The number of nitrogens with zero attached hydrogens (tertiary/aromatic N) is 1. The Hall–Kier alpha value is -1.10. The summed E-state index contributed by atoms with van der Waals surface area (Å²) in [6.07, 6.45) is 6.00. The molecule has 2 aromatic heterocycles. The van der Waals surface area contributed by atoms with Crippen molar-refractivity contribution in [3.05, 3.63) is 45.5 Å². The number of aryl methyl sites for hydroxylation is 1. The molecule has 1 N–H and O–H groups in total. The van der Waals surface area contributed by atoms with Crippen molar-refractivity contribution in [2.24, 2.45) is 0 Å². The molecule has 3 nitrogen and oxygen atoms in total. The minimum absolute atomic E-state index is 0.681. The van der Waals surface area contributed by atoms with E-state index in [-0.39, 0.29) is 0 Å². The van der Waals surface area contributed by atoms with E-state index in [2.05, 4.69) is 43.2 Å². The van der Waals surface area contributed by atoms with Crippen LogP contribution in [-0.2, 0) is 18.7 Å². The highest BCUT2D eigenvalue weighted by Crippen LogP contribution is 2.35. The van der Waals surface area contributed by atoms with E-state index >= 15 is 0 Å². The summed E-state index contributed by atoms with van der Waals surface area (Å²) in [6, 6.07) is 6.93. The van der Waals surface area contributed by atoms with E-state index in [4.69, 9.17) is 4.42 Å². The third-order valence-electron chi connectivity index (χ3n) is 5.18. The van der Waals surface area contributed by atoms with Gasteiger partial charge in [-0.25, -0.2) is 0 Å². The van der Waals surface area contributed by atoms with Gasteiger partial charge in [-0.2, -0.15) is 0 Å². The van der Waals surface area contributed by atoms with Gasteiger partial charge < -0.3 is 9.52 Å². The van der Waals surface area contributed by atoms with Crippen molar-refractivity contribution >= 4 is 11.3 Å². The van der Waals surface area contributed by atoms with Gasteiger partial charge in [-0.05, 0) is 61.7 Å². The Bertz CT molecular complexity index is 665. The summed E-state index contributed by atoms with van der Waals surface area (Å²) in [5.74, 6) is 1.72. The number of hydrogen-bond acceptors (Lipinski definition) is 4. The van der Waals surface area contributed by atoms with Crippen molar-refractivity contribution in [1.82, 2.24) is 4.90 Å². The normalized spacial score (nSPS) is 15.2. The van der Waals surface area contributed by atoms with Gasteiger partial charge in [-0.15, -0.1) is 11.3 Å². The molecule has 4 heteroatoms. The van der Waals surface area contributed by atoms with E-state index < -0.39 is 5.60 Å². The van der Waals surface area contributed by atoms with Gasteiger partial charge in [0.2, 0.25) is 0 Å². The van der Waals surface area contributed by atoms with Gasteiger partial charge in [-0.1, -0.05) is 26.7 Å². The largest absolute Gasteiger partial charge is 0.462 e. The molecular formula is C21H31NO2S. The molecule has 0 spiro atoms. The SMILES string of the molecule is CCCC(O)(CCC)c1ccc(CN(Cc2sccc2C)C2CC2)o1. The Morgan fingerprint density at radius 1 is 1.16 bits per heavy atom. The predicted octanol–water partition coefficient (Wildman–Crippen LogP) is 5.60. The first kappa shape index (κ1) is 18.7. The highest BCUT2D eigenvalue weighted by molar-refractivity contribution is 7.10. The van der Waals surface area contributed by atoms with E-state index in [9.17, 15) is 5.11 Å². The third kappa shape index (κ3) is 4.55. The molecule has 2 aromatic rings. The molecule has 0 amide bonds. The smallest absolute Gasteiger partial charge is 0.135 e. The van der Waals surface area contributed by atoms with Crippen LogP contribution in [0.4, 0.5) is 0 Å². The molecule has 0 saturated heterocycles. The van der Waals surface area contributed by atoms with Gasteiger partial charge in [0, 0.05) is 17.5 Å². The van der Waals surface area contributed by atoms with Crippen LogP contribution in [-0.4, -0.2) is 16.0 Å². The highest BCUT2D eigenvalue weighted by atomic mass is 32.1. The maximum absolute atomic E-state index is 11.0. The number of hydrogen-bond donors (Lipinski definition) is 1. The first-order chi connectivity index (χ1) is 12.1. The molecule has 1 aliphatic rings. The molecule has 0 aromatic carbocycles. The van der Waals surface area contributed by atoms with Crippen LogP contribution >= 0.6 is 11.3 Å². The molecule has 1 aliphatic carbocycles. The van der Waals surface area contributed by atoms with Crippen LogP contribution in [0.2, 0.25) is 0 Å². The summed E-state index contributed by atoms with van der Waals surface area (Å²) in [4.78, 5) is 3.98. The maximum Gasteiger partial charge on any atom is 0.135 e. The Morgan fingerprint density at radius 3 is 2.44 bits per heavy atom. The van der Waals surface area contributed by atoms with E-state index in [1.165, 1.54) is 23.3 Å². The summed E-state index contributed by atoms with van der Waals surface area (Å²) in [7, 11) is 0. The Kier molecular flexibility index (Phi) is 6.03. The zero-order valence-electron chi connectivity index (χ0n) is 15.8. The predicted molar refractivity (Wildman–Crippen MR) is 104 cm³/mol. The van der Waals surface area contributed by atoms with Crippen molar-refractivity contribution < 1.29 is 9.52 Å². The van der Waals surface area contributed by atoms with Crippen molar-refractivity contribution in [2.45, 2.75) is 84.0 Å². The average molecular weight is 362 g/mol. The van der Waals surface area contributed by atoms with Crippen LogP contribution in [0.15, 0.2) is 28.0 Å². The molecule has 138 valence electrons. The zero-order valence-corrected chi connectivity index (χ0v) is 16.6. The fraction of sp³-hybridized carbons (Fsp3) is 0.619. The molecular weight excluding hydrogens is 330 g/mol. The van der Waals surface area contributed by atoms with E-state index in [1.54, 1.807) is 0 Å². The van der Waals surface area contributed by atoms with E-state index in [1.807, 2.05) is 17.4 Å². The standard InChI is InChI=1S/C21H31NO2S/c1-4-11-21(23,12-5-2)20-9-8-18(24-20)14-22(17-6-7-17)15-19-16(3)10-13-25-19/h8-10,13,17,23H,4-7,11-12,14-15H2,1-3H3. The Morgan fingerprint density at radius 2 is 1.88 bits per heavy atom. The van der Waals surface area contributed by atoms with Crippen molar-refractivity contribution in [3.63, 3.8) is 0 Å². The van der Waals surface area contributed by atoms with Crippen molar-refractivity contribution in [2.75, 3.05) is 0 Å². The average Bonchev–Trinajstić information content (AvgIpc) is 3.18. The monoisotopic (exact) mass is 361 g/mol. The fourth-order valence-electron chi connectivity index (χ4n) is 3.62. The molecule has 3 rings (SSSR count). The first-order valence-electron chi connectivity index (χ1n) is 9.64. The Balaban J connectivity index is 1.71. The second-order valence-electron chi connectivity index (χ2n) is 7.46. The Labute approximate surface area is 155 Å². The lowest BCUT2D eigenvalue weighted by molar-refractivity contribution is -0.00524. The molecule has 2 heterocycles. The number of aliphatic hydroxyl groups is 1. The van der Waals surface area contributed by atoms with Gasteiger partial charge in [0.25, 0.3) is 0 Å². The van der Waals surface area contributed by atoms with Gasteiger partial charge in [0.05, 0.1) is 6.54 Å². The maximum atomic E-state index is 11.0. The first-order valence-corrected chi connectivity index (χ1v) is 10.5. The van der Waals surface area contributed by atoms with Crippen LogP contribution < -0.4 is 0 Å². The van der Waals surface area contributed by atoms with E-state index in [0.29, 0.717) is 6.04 Å². The minimum Gasteiger partial charge on any atom is -0.462 e. The lowest BCUT2D eigenvalue weighted by Gasteiger charge is -2.25. The second kappa shape index (κ2) is 8.07. The number of rotatable bonds is 10. The van der Waals surface area contributed by atoms with Gasteiger partial charge in [0.1, 0.15) is 17.1 Å². The summed E-state index contributed by atoms with van der Waals surface area (Å²) in [6.45, 7) is 8.25. The molecule has 1 saturated carbocycles. The molecule has 25 heavy (non-hydrogen) atoms. The molecule has 0 aliphatic heterocycles. The molecule has 0 unspecified atom stereocenters. The summed E-state index contributed by atoms with van der Waals surface area (Å²) in [5.41, 5.74) is 0.576. The quantitative estimate of drug-likeness (QED) is 0.598. The molecule has 1 fully saturated rings. The van der Waals surface area contributed by atoms with E-state index in [0.717, 1.165) is 50.3 Å². The second-order valence-corrected chi connectivity index (χ2v) is 8.46. The molecule has 0 bridgehead atoms. The van der Waals surface area contributed by atoms with Crippen LogP contribution in [0.1, 0.15) is 74.3 Å². The zero-order chi connectivity index (χ0) is 17.9. The van der Waals surface area contributed by atoms with Crippen molar-refractivity contribution in [1.29, 1.82) is 0 Å². The third-order valence-corrected chi connectivity index (χ3v) is 6.19. The summed E-state index contributed by atoms with van der Waals surface area (Å²) in [5, 5.41) is 13.2.